The van der Waals surface area contributed by atoms with Gasteiger partial charge in [-0.3, -0.25) is 9.59 Å². The Balaban J connectivity index is 1.60. The Bertz CT molecular complexity index is 968. The Kier molecular flexibility index (Phi) is 5.13. The molecule has 0 bridgehead atoms. The van der Waals surface area contributed by atoms with Crippen molar-refractivity contribution in [1.29, 1.82) is 0 Å². The van der Waals surface area contributed by atoms with Crippen molar-refractivity contribution in [2.45, 2.75) is 37.3 Å². The molecule has 1 fully saturated rings. The van der Waals surface area contributed by atoms with E-state index in [0.717, 1.165) is 18.5 Å². The van der Waals surface area contributed by atoms with Gasteiger partial charge in [-0.05, 0) is 74.6 Å². The standard InChI is InChI=1S/C23H25ClN3O2/c1-26(2)11-10-23(8-9-23)16-5-3-4-15(12-16)14-27-20(21(25)28)18-7-6-17(24)13-19(18)22(27)29/h3-6,12-13,20H,8-11,14H2,1-2H3,(H2,25,28). The molecule has 2 amide bonds. The predicted molar refractivity (Wildman–Crippen MR) is 113 cm³/mol. The van der Waals surface area contributed by atoms with Crippen LogP contribution in [0.15, 0.2) is 36.4 Å². The number of nitrogens with zero attached hydrogens (tertiary/aromatic N) is 2. The van der Waals surface area contributed by atoms with E-state index >= 15 is 0 Å². The van der Waals surface area contributed by atoms with E-state index in [4.69, 9.17) is 17.3 Å². The van der Waals surface area contributed by atoms with Crippen molar-refractivity contribution in [2.24, 2.45) is 5.73 Å². The number of benzene rings is 2. The van der Waals surface area contributed by atoms with Gasteiger partial charge in [0.05, 0.1) is 0 Å². The Morgan fingerprint density at radius 1 is 1.34 bits per heavy atom. The van der Waals surface area contributed by atoms with Crippen LogP contribution in [0.5, 0.6) is 0 Å². The molecule has 0 aromatic heterocycles. The van der Waals surface area contributed by atoms with Crippen molar-refractivity contribution < 1.29 is 9.59 Å². The van der Waals surface area contributed by atoms with Crippen molar-refractivity contribution in [2.75, 3.05) is 20.6 Å². The first-order valence-corrected chi connectivity index (χ1v) is 10.2. The largest absolute Gasteiger partial charge is 0.368 e. The Morgan fingerprint density at radius 3 is 2.76 bits per heavy atom. The normalized spacial score (nSPS) is 19.5. The molecule has 151 valence electrons. The van der Waals surface area contributed by atoms with Crippen LogP contribution >= 0.6 is 11.6 Å². The molecule has 4 rings (SSSR count). The van der Waals surface area contributed by atoms with Crippen molar-refractivity contribution in [1.82, 2.24) is 9.80 Å². The van der Waals surface area contributed by atoms with E-state index in [9.17, 15) is 9.59 Å². The zero-order valence-electron chi connectivity index (χ0n) is 16.7. The summed E-state index contributed by atoms with van der Waals surface area (Å²) in [5.41, 5.74) is 9.10. The summed E-state index contributed by atoms with van der Waals surface area (Å²) in [5.74, 6) is -0.793. The molecule has 2 aliphatic rings. The van der Waals surface area contributed by atoms with Gasteiger partial charge in [-0.15, -0.1) is 0 Å². The number of hydrogen-bond acceptors (Lipinski definition) is 3. The highest BCUT2D eigenvalue weighted by Crippen LogP contribution is 2.51. The number of amides is 2. The summed E-state index contributed by atoms with van der Waals surface area (Å²) < 4.78 is 0. The van der Waals surface area contributed by atoms with Gasteiger partial charge >= 0.3 is 0 Å². The third-order valence-corrected chi connectivity index (χ3v) is 6.29. The van der Waals surface area contributed by atoms with Crippen molar-refractivity contribution in [3.8, 4) is 0 Å². The smallest absolute Gasteiger partial charge is 0.255 e. The van der Waals surface area contributed by atoms with Crippen LogP contribution in [0.2, 0.25) is 5.02 Å². The Hall–Kier alpha value is -2.37. The zero-order chi connectivity index (χ0) is 20.8. The number of halogens is 1. The van der Waals surface area contributed by atoms with E-state index in [0.29, 0.717) is 22.7 Å². The van der Waals surface area contributed by atoms with Crippen molar-refractivity contribution in [3.63, 3.8) is 0 Å². The van der Waals surface area contributed by atoms with Crippen LogP contribution < -0.4 is 5.73 Å². The first-order chi connectivity index (χ1) is 13.8. The lowest BCUT2D eigenvalue weighted by Gasteiger charge is -2.24. The van der Waals surface area contributed by atoms with Crippen LogP contribution in [-0.4, -0.2) is 42.3 Å². The molecule has 2 aromatic carbocycles. The SMILES string of the molecule is CN(C)CCC1(c2cccc(CN3C(=O)c4cc(Cl)c[c]c4C3C(N)=O)c2)CC1. The lowest BCUT2D eigenvalue weighted by atomic mass is 9.91. The highest BCUT2D eigenvalue weighted by atomic mass is 35.5. The fourth-order valence-electron chi connectivity index (χ4n) is 4.24. The molecule has 5 nitrogen and oxygen atoms in total. The summed E-state index contributed by atoms with van der Waals surface area (Å²) in [6.45, 7) is 1.37. The van der Waals surface area contributed by atoms with Crippen LogP contribution in [0.25, 0.3) is 0 Å². The second kappa shape index (κ2) is 7.47. The van der Waals surface area contributed by atoms with Gasteiger partial charge in [0.25, 0.3) is 5.91 Å². The van der Waals surface area contributed by atoms with Crippen LogP contribution in [0.4, 0.5) is 0 Å². The molecule has 2 N–H and O–H groups in total. The summed E-state index contributed by atoms with van der Waals surface area (Å²) >= 11 is 6.03. The molecule has 2 aromatic rings. The van der Waals surface area contributed by atoms with Gasteiger partial charge in [0.2, 0.25) is 5.91 Å². The third-order valence-electron chi connectivity index (χ3n) is 6.07. The van der Waals surface area contributed by atoms with E-state index in [1.807, 2.05) is 12.1 Å². The molecule has 6 heteroatoms. The first kappa shape index (κ1) is 19.9. The molecule has 1 aliphatic carbocycles. The Labute approximate surface area is 176 Å². The number of nitrogens with two attached hydrogens (primary N) is 1. The second-order valence-electron chi connectivity index (χ2n) is 8.42. The van der Waals surface area contributed by atoms with Gasteiger partial charge in [0.15, 0.2) is 0 Å². The maximum atomic E-state index is 13.0. The summed E-state index contributed by atoms with van der Waals surface area (Å²) in [4.78, 5) is 28.9. The molecular formula is C23H25ClN3O2. The summed E-state index contributed by atoms with van der Waals surface area (Å²) in [5, 5.41) is 0.417. The zero-order valence-corrected chi connectivity index (χ0v) is 17.5. The molecule has 1 saturated carbocycles. The van der Waals surface area contributed by atoms with Crippen molar-refractivity contribution >= 4 is 23.4 Å². The number of carbonyl (C=O) groups excluding carboxylic acids is 2. The van der Waals surface area contributed by atoms with Crippen LogP contribution in [0.3, 0.4) is 0 Å². The molecule has 1 radical (unpaired) electrons. The second-order valence-corrected chi connectivity index (χ2v) is 8.85. The lowest BCUT2D eigenvalue weighted by Crippen LogP contribution is -2.35. The quantitative estimate of drug-likeness (QED) is 0.761. The monoisotopic (exact) mass is 410 g/mol. The van der Waals surface area contributed by atoms with Gasteiger partial charge in [-0.2, -0.15) is 0 Å². The maximum Gasteiger partial charge on any atom is 0.255 e. The topological polar surface area (TPSA) is 66.6 Å². The fraction of sp³-hybridized carbons (Fsp3) is 0.391. The molecule has 29 heavy (non-hydrogen) atoms. The minimum Gasteiger partial charge on any atom is -0.368 e. The van der Waals surface area contributed by atoms with E-state index in [2.05, 4.69) is 37.2 Å². The molecule has 0 spiro atoms. The maximum absolute atomic E-state index is 13.0. The highest BCUT2D eigenvalue weighted by Gasteiger charge is 2.44. The van der Waals surface area contributed by atoms with E-state index in [1.165, 1.54) is 23.3 Å². The van der Waals surface area contributed by atoms with Crippen LogP contribution in [-0.2, 0) is 16.8 Å². The lowest BCUT2D eigenvalue weighted by molar-refractivity contribution is -0.122. The highest BCUT2D eigenvalue weighted by molar-refractivity contribution is 6.31. The minimum absolute atomic E-state index is 0.235. The molecule has 1 aliphatic heterocycles. The van der Waals surface area contributed by atoms with E-state index < -0.39 is 11.9 Å². The number of rotatable bonds is 7. The molecular weight excluding hydrogens is 386 g/mol. The predicted octanol–water partition coefficient (Wildman–Crippen LogP) is 3.31. The summed E-state index contributed by atoms with van der Waals surface area (Å²) in [6.07, 6.45) is 3.50. The molecule has 1 heterocycles. The van der Waals surface area contributed by atoms with Gasteiger partial charge < -0.3 is 15.5 Å². The van der Waals surface area contributed by atoms with E-state index in [1.54, 1.807) is 12.1 Å². The van der Waals surface area contributed by atoms with Gasteiger partial charge in [-0.25, -0.2) is 0 Å². The van der Waals surface area contributed by atoms with E-state index in [-0.39, 0.29) is 11.3 Å². The van der Waals surface area contributed by atoms with Gasteiger partial charge in [0.1, 0.15) is 6.04 Å². The average Bonchev–Trinajstić information content (AvgIpc) is 3.42. The first-order valence-electron chi connectivity index (χ1n) is 9.86. The minimum atomic E-state index is -0.818. The van der Waals surface area contributed by atoms with Gasteiger partial charge in [-0.1, -0.05) is 35.9 Å². The molecule has 1 atom stereocenters. The summed E-state index contributed by atoms with van der Waals surface area (Å²) in [6, 6.07) is 13.7. The third kappa shape index (κ3) is 3.77. The fourth-order valence-corrected chi connectivity index (χ4v) is 4.40. The summed E-state index contributed by atoms with van der Waals surface area (Å²) in [7, 11) is 4.19. The van der Waals surface area contributed by atoms with Crippen LogP contribution in [0.1, 0.15) is 52.4 Å². The van der Waals surface area contributed by atoms with Gasteiger partial charge in [0, 0.05) is 22.7 Å². The average molecular weight is 411 g/mol. The molecule has 1 unspecified atom stereocenters. The number of hydrogen-bond donors (Lipinski definition) is 1. The van der Waals surface area contributed by atoms with Crippen LogP contribution in [0, 0.1) is 6.07 Å². The Morgan fingerprint density at radius 2 is 2.10 bits per heavy atom. The number of fused-ring (bicyclic) bond motifs is 1. The molecule has 0 saturated heterocycles. The number of carbonyl (C=O) groups is 2. The number of primary amides is 1. The van der Waals surface area contributed by atoms with Crippen molar-refractivity contribution in [3.05, 3.63) is 69.7 Å².